The zero-order valence-electron chi connectivity index (χ0n) is 11.6. The monoisotopic (exact) mass is 365 g/mol. The van der Waals surface area contributed by atoms with Gasteiger partial charge in [0.05, 0.1) is 6.10 Å². The van der Waals surface area contributed by atoms with Gasteiger partial charge in [-0.2, -0.15) is 13.2 Å². The molecule has 1 aromatic carbocycles. The molecule has 0 spiro atoms. The second-order valence-corrected chi connectivity index (χ2v) is 6.23. The van der Waals surface area contributed by atoms with Gasteiger partial charge in [0.15, 0.2) is 0 Å². The Balaban J connectivity index is 1.83. The fourth-order valence-corrected chi connectivity index (χ4v) is 2.27. The SMILES string of the molecule is FC(F)(F)CCCOC(CNC1CC1)c1ccc(Br)cc1. The Morgan fingerprint density at radius 3 is 2.48 bits per heavy atom. The molecule has 1 N–H and O–H groups in total. The van der Waals surface area contributed by atoms with E-state index in [4.69, 9.17) is 4.74 Å². The van der Waals surface area contributed by atoms with Crippen molar-refractivity contribution in [3.63, 3.8) is 0 Å². The first-order valence-electron chi connectivity index (χ1n) is 7.11. The van der Waals surface area contributed by atoms with E-state index in [1.54, 1.807) is 0 Å². The topological polar surface area (TPSA) is 21.3 Å². The molecule has 0 radical (unpaired) electrons. The Labute approximate surface area is 131 Å². The first-order valence-corrected chi connectivity index (χ1v) is 7.90. The molecule has 0 aromatic heterocycles. The number of nitrogens with one attached hydrogen (secondary N) is 1. The quantitative estimate of drug-likeness (QED) is 0.679. The van der Waals surface area contributed by atoms with E-state index < -0.39 is 12.6 Å². The molecule has 1 fully saturated rings. The number of hydrogen-bond donors (Lipinski definition) is 1. The van der Waals surface area contributed by atoms with Crippen LogP contribution in [0.5, 0.6) is 0 Å². The smallest absolute Gasteiger partial charge is 0.372 e. The summed E-state index contributed by atoms with van der Waals surface area (Å²) in [7, 11) is 0. The fourth-order valence-electron chi connectivity index (χ4n) is 2.01. The Morgan fingerprint density at radius 2 is 1.90 bits per heavy atom. The van der Waals surface area contributed by atoms with Gasteiger partial charge < -0.3 is 10.1 Å². The number of rotatable bonds is 8. The van der Waals surface area contributed by atoms with Gasteiger partial charge in [-0.1, -0.05) is 28.1 Å². The van der Waals surface area contributed by atoms with E-state index in [0.29, 0.717) is 12.6 Å². The Bertz CT molecular complexity index is 432. The first kappa shape index (κ1) is 16.8. The number of halogens is 4. The van der Waals surface area contributed by atoms with Gasteiger partial charge in [-0.3, -0.25) is 0 Å². The maximum absolute atomic E-state index is 12.1. The molecular formula is C15H19BrF3NO. The van der Waals surface area contributed by atoms with E-state index in [9.17, 15) is 13.2 Å². The Hall–Kier alpha value is -0.590. The van der Waals surface area contributed by atoms with Crippen LogP contribution in [-0.2, 0) is 4.74 Å². The molecular weight excluding hydrogens is 347 g/mol. The van der Waals surface area contributed by atoms with Crippen LogP contribution in [0.1, 0.15) is 37.4 Å². The lowest BCUT2D eigenvalue weighted by atomic mass is 10.1. The Kier molecular flexibility index (Phi) is 6.08. The van der Waals surface area contributed by atoms with Gasteiger partial charge in [0.1, 0.15) is 0 Å². The third kappa shape index (κ3) is 6.80. The van der Waals surface area contributed by atoms with Crippen LogP contribution in [0.3, 0.4) is 0 Å². The van der Waals surface area contributed by atoms with E-state index in [0.717, 1.165) is 10.0 Å². The first-order chi connectivity index (χ1) is 9.94. The number of hydrogen-bond acceptors (Lipinski definition) is 2. The summed E-state index contributed by atoms with van der Waals surface area (Å²) in [5, 5.41) is 3.37. The van der Waals surface area contributed by atoms with E-state index in [1.165, 1.54) is 12.8 Å². The number of alkyl halides is 3. The van der Waals surface area contributed by atoms with E-state index in [2.05, 4.69) is 21.2 Å². The number of benzene rings is 1. The third-order valence-electron chi connectivity index (χ3n) is 3.33. The molecule has 21 heavy (non-hydrogen) atoms. The van der Waals surface area contributed by atoms with Crippen LogP contribution in [0.2, 0.25) is 0 Å². The van der Waals surface area contributed by atoms with Crippen molar-refractivity contribution in [1.29, 1.82) is 0 Å². The van der Waals surface area contributed by atoms with Crippen molar-refractivity contribution >= 4 is 15.9 Å². The normalized spacial score (nSPS) is 17.0. The zero-order chi connectivity index (χ0) is 15.3. The second-order valence-electron chi connectivity index (χ2n) is 5.31. The van der Waals surface area contributed by atoms with Crippen molar-refractivity contribution in [2.24, 2.45) is 0 Å². The van der Waals surface area contributed by atoms with Crippen LogP contribution < -0.4 is 5.32 Å². The van der Waals surface area contributed by atoms with E-state index >= 15 is 0 Å². The average molecular weight is 366 g/mol. The summed E-state index contributed by atoms with van der Waals surface area (Å²) in [5.41, 5.74) is 0.985. The summed E-state index contributed by atoms with van der Waals surface area (Å²) in [6.45, 7) is 0.755. The van der Waals surface area contributed by atoms with Crippen molar-refractivity contribution in [3.8, 4) is 0 Å². The van der Waals surface area contributed by atoms with E-state index in [-0.39, 0.29) is 19.1 Å². The minimum atomic E-state index is -4.11. The van der Waals surface area contributed by atoms with Crippen LogP contribution in [0, 0.1) is 0 Å². The van der Waals surface area contributed by atoms with Gasteiger partial charge in [0.25, 0.3) is 0 Å². The highest BCUT2D eigenvalue weighted by atomic mass is 79.9. The zero-order valence-corrected chi connectivity index (χ0v) is 13.2. The summed E-state index contributed by atoms with van der Waals surface area (Å²) in [4.78, 5) is 0. The molecule has 0 heterocycles. The maximum Gasteiger partial charge on any atom is 0.389 e. The molecule has 1 unspecified atom stereocenters. The summed E-state index contributed by atoms with van der Waals surface area (Å²) >= 11 is 3.37. The lowest BCUT2D eigenvalue weighted by molar-refractivity contribution is -0.138. The van der Waals surface area contributed by atoms with Gasteiger partial charge >= 0.3 is 6.18 Å². The Morgan fingerprint density at radius 1 is 1.24 bits per heavy atom. The molecule has 0 saturated heterocycles. The van der Waals surface area contributed by atoms with Crippen molar-refractivity contribution in [3.05, 3.63) is 34.3 Å². The van der Waals surface area contributed by atoms with Crippen LogP contribution in [0.25, 0.3) is 0 Å². The molecule has 0 aliphatic heterocycles. The lowest BCUT2D eigenvalue weighted by Crippen LogP contribution is -2.25. The van der Waals surface area contributed by atoms with Gasteiger partial charge in [-0.05, 0) is 37.0 Å². The number of ether oxygens (including phenoxy) is 1. The molecule has 2 rings (SSSR count). The van der Waals surface area contributed by atoms with E-state index in [1.807, 2.05) is 24.3 Å². The van der Waals surface area contributed by atoms with Crippen LogP contribution in [0.4, 0.5) is 13.2 Å². The minimum Gasteiger partial charge on any atom is -0.372 e. The fraction of sp³-hybridized carbons (Fsp3) is 0.600. The summed E-state index contributed by atoms with van der Waals surface area (Å²) in [6.07, 6.45) is -2.77. The maximum atomic E-state index is 12.1. The summed E-state index contributed by atoms with van der Waals surface area (Å²) in [5.74, 6) is 0. The molecule has 1 atom stereocenters. The molecule has 0 bridgehead atoms. The highest BCUT2D eigenvalue weighted by Crippen LogP contribution is 2.25. The van der Waals surface area contributed by atoms with Gasteiger partial charge in [-0.25, -0.2) is 0 Å². The van der Waals surface area contributed by atoms with Crippen molar-refractivity contribution in [2.75, 3.05) is 13.2 Å². The van der Waals surface area contributed by atoms with Gasteiger partial charge in [0, 0.05) is 30.1 Å². The molecule has 0 amide bonds. The summed E-state index contributed by atoms with van der Waals surface area (Å²) < 4.78 is 43.0. The van der Waals surface area contributed by atoms with Gasteiger partial charge in [0.2, 0.25) is 0 Å². The van der Waals surface area contributed by atoms with Crippen LogP contribution in [-0.4, -0.2) is 25.4 Å². The minimum absolute atomic E-state index is 0.0000431. The molecule has 1 saturated carbocycles. The van der Waals surface area contributed by atoms with Gasteiger partial charge in [-0.15, -0.1) is 0 Å². The molecule has 2 nitrogen and oxygen atoms in total. The predicted molar refractivity (Wildman–Crippen MR) is 79.1 cm³/mol. The van der Waals surface area contributed by atoms with Crippen LogP contribution >= 0.6 is 15.9 Å². The second kappa shape index (κ2) is 7.61. The van der Waals surface area contributed by atoms with Crippen molar-refractivity contribution in [1.82, 2.24) is 5.32 Å². The predicted octanol–water partition coefficient (Wildman–Crippen LogP) is 4.60. The van der Waals surface area contributed by atoms with Crippen molar-refractivity contribution < 1.29 is 17.9 Å². The van der Waals surface area contributed by atoms with Crippen LogP contribution in [0.15, 0.2) is 28.7 Å². The standard InChI is InChI=1S/C15H19BrF3NO/c16-12-4-2-11(3-5-12)14(10-20-13-6-7-13)21-9-1-8-15(17,18)19/h2-5,13-14,20H,1,6-10H2. The highest BCUT2D eigenvalue weighted by molar-refractivity contribution is 9.10. The molecule has 6 heteroatoms. The molecule has 1 aliphatic rings. The lowest BCUT2D eigenvalue weighted by Gasteiger charge is -2.19. The molecule has 1 aromatic rings. The molecule has 1 aliphatic carbocycles. The van der Waals surface area contributed by atoms with Crippen molar-refractivity contribution in [2.45, 2.75) is 44.0 Å². The third-order valence-corrected chi connectivity index (χ3v) is 3.86. The average Bonchev–Trinajstić information content (AvgIpc) is 3.22. The molecule has 118 valence electrons. The summed E-state index contributed by atoms with van der Waals surface area (Å²) in [6, 6.07) is 8.25. The largest absolute Gasteiger partial charge is 0.389 e. The highest BCUT2D eigenvalue weighted by Gasteiger charge is 2.27.